The number of carbonyl (C=O) groups excluding carboxylic acids is 5. The molecule has 0 aromatic carbocycles. The summed E-state index contributed by atoms with van der Waals surface area (Å²) in [6.07, 6.45) is -11.7. The van der Waals surface area contributed by atoms with Crippen molar-refractivity contribution in [1.82, 2.24) is 0 Å². The minimum atomic E-state index is -2.33. The molecule has 0 fully saturated rings. The second-order valence-electron chi connectivity index (χ2n) is 1.25. The first-order chi connectivity index (χ1) is 8.66. The molecular formula is C5H15Na6O27Th-9. The third kappa shape index (κ3) is 6200. The van der Waals surface area contributed by atoms with Crippen molar-refractivity contribution in [2.75, 3.05) is 0 Å². The second-order valence-corrected chi connectivity index (χ2v) is 1.25. The zero-order chi connectivity index (χ0) is 17.9. The number of hydrogen-bond donors (Lipinski definition) is 0. The molecule has 0 radical (unpaired) electrons. The zero-order valence-electron chi connectivity index (χ0n) is 20.6. The van der Waals surface area contributed by atoms with Crippen molar-refractivity contribution in [2.24, 2.45) is 0 Å². The summed E-state index contributed by atoms with van der Waals surface area (Å²) < 4.78 is 0. The molecule has 0 spiro atoms. The molecule has 27 nitrogen and oxygen atoms in total. The van der Waals surface area contributed by atoms with Crippen LogP contribution in [-0.4, -0.2) is 96.5 Å². The predicted molar refractivity (Wildman–Crippen MR) is 55.2 cm³/mol. The van der Waals surface area contributed by atoms with Gasteiger partial charge in [0.25, 0.3) is 0 Å². The van der Waals surface area contributed by atoms with Crippen molar-refractivity contribution < 1.29 is 358 Å². The second kappa shape index (κ2) is 201. The first-order valence-corrected chi connectivity index (χ1v) is 3.06. The minimum Gasteiger partial charge on any atom is -0.870 e. The van der Waals surface area contributed by atoms with Gasteiger partial charge in [0, 0.05) is 0 Å². The van der Waals surface area contributed by atoms with Crippen molar-refractivity contribution in [1.29, 1.82) is 0 Å². The maximum atomic E-state index is 8.33. The van der Waals surface area contributed by atoms with Gasteiger partial charge in [0.1, 0.15) is 0 Å². The summed E-state index contributed by atoms with van der Waals surface area (Å²) >= 11 is 0. The van der Waals surface area contributed by atoms with E-state index in [-0.39, 0.29) is 283 Å². The van der Waals surface area contributed by atoms with Gasteiger partial charge in [-0.15, -0.1) is 0 Å². The van der Waals surface area contributed by atoms with Crippen molar-refractivity contribution in [2.45, 2.75) is 0 Å². The molecule has 0 aromatic heterocycles. The quantitative estimate of drug-likeness (QED) is 0.204. The molecule has 0 aliphatic carbocycles. The fourth-order valence-corrected chi connectivity index (χ4v) is 0. The molecular weight excluding hydrogens is 862 g/mol. The number of rotatable bonds is 0. The predicted octanol–water partition coefficient (Wildman–Crippen LogP) is -34.3. The Bertz CT molecular complexity index is 235. The first kappa shape index (κ1) is 216. The summed E-state index contributed by atoms with van der Waals surface area (Å²) in [5, 5.41) is 83.3. The van der Waals surface area contributed by atoms with E-state index in [2.05, 4.69) is 0 Å². The van der Waals surface area contributed by atoms with Crippen LogP contribution in [0.5, 0.6) is 0 Å². The molecule has 34 heteroatoms. The van der Waals surface area contributed by atoms with Crippen LogP contribution in [0, 0.1) is 39.9 Å². The Morgan fingerprint density at radius 3 is 0.256 bits per heavy atom. The average Bonchev–Trinajstić information content (AvgIpc) is 1.94. The Morgan fingerprint density at radius 1 is 0.256 bits per heavy atom. The van der Waals surface area contributed by atoms with E-state index in [1.54, 1.807) is 0 Å². The number of hydrogen-bond acceptors (Lipinski definition) is 24. The molecule has 39 heavy (non-hydrogen) atoms. The Morgan fingerprint density at radius 2 is 0.256 bits per heavy atom. The van der Waals surface area contributed by atoms with E-state index < -0.39 is 30.8 Å². The smallest absolute Gasteiger partial charge is 0.870 e. The van der Waals surface area contributed by atoms with Crippen LogP contribution in [0.4, 0.5) is 24.0 Å². The van der Waals surface area contributed by atoms with Crippen molar-refractivity contribution >= 4 is 30.8 Å². The van der Waals surface area contributed by atoms with Crippen LogP contribution >= 0.6 is 0 Å². The van der Waals surface area contributed by atoms with E-state index in [1.165, 1.54) is 0 Å². The number of carbonyl (C=O) groups is 5. The van der Waals surface area contributed by atoms with Gasteiger partial charge in [-0.05, 0) is 30.8 Å². The van der Waals surface area contributed by atoms with Gasteiger partial charge in [0.15, 0.2) is 0 Å². The van der Waals surface area contributed by atoms with E-state index in [1.807, 2.05) is 0 Å². The van der Waals surface area contributed by atoms with E-state index in [4.69, 9.17) is 75.0 Å². The van der Waals surface area contributed by atoms with Crippen LogP contribution in [0.15, 0.2) is 0 Å². The molecule has 0 rings (SSSR count). The van der Waals surface area contributed by atoms with Gasteiger partial charge in [-0.3, -0.25) is 0 Å². The molecule has 216 valence electrons. The van der Waals surface area contributed by atoms with Gasteiger partial charge < -0.3 is 141 Å². The molecule has 0 saturated heterocycles. The van der Waals surface area contributed by atoms with Gasteiger partial charge in [0.2, 0.25) is 0 Å². The normalized spacial score (nSPS) is 3.08. The third-order valence-corrected chi connectivity index (χ3v) is 0. The van der Waals surface area contributed by atoms with E-state index in [0.29, 0.717) is 0 Å². The van der Waals surface area contributed by atoms with Crippen LogP contribution in [0.2, 0.25) is 0 Å². The molecule has 0 unspecified atom stereocenters. The van der Waals surface area contributed by atoms with Crippen molar-refractivity contribution in [3.8, 4) is 0 Å². The van der Waals surface area contributed by atoms with Gasteiger partial charge in [-0.25, -0.2) is 0 Å². The maximum absolute atomic E-state index is 8.33. The van der Waals surface area contributed by atoms with Crippen molar-refractivity contribution in [3.05, 3.63) is 0 Å². The monoisotopic (exact) mass is 877 g/mol. The van der Waals surface area contributed by atoms with Crippen LogP contribution in [0.1, 0.15) is 0 Å². The Labute approximate surface area is 381 Å². The largest absolute Gasteiger partial charge is 4.00 e. The van der Waals surface area contributed by atoms with E-state index >= 15 is 0 Å². The molecule has 0 bridgehead atoms. The average molecular weight is 877 g/mol. The molecule has 0 aliphatic rings. The molecule has 0 aromatic rings. The molecule has 0 heterocycles. The number of carboxylic acid groups (broad SMARTS) is 10. The van der Waals surface area contributed by atoms with Crippen LogP contribution in [0.3, 0.4) is 0 Å². The summed E-state index contributed by atoms with van der Waals surface area (Å²) in [6, 6.07) is 0. The molecule has 0 aliphatic heterocycles. The fourth-order valence-electron chi connectivity index (χ4n) is 0. The van der Waals surface area contributed by atoms with Gasteiger partial charge in [0.05, 0.1) is 0 Å². The van der Waals surface area contributed by atoms with E-state index in [0.717, 1.165) is 0 Å². The zero-order valence-corrected chi connectivity index (χ0v) is 36.8. The van der Waals surface area contributed by atoms with Crippen LogP contribution in [0.25, 0.3) is 0 Å². The Balaban J connectivity index is -0.00000000292. The molecule has 0 saturated carbocycles. The Kier molecular flexibility index (Phi) is 1120. The first-order valence-electron chi connectivity index (χ1n) is 3.06. The SMILES string of the molecule is O.O.O.O=C([O-])[O-].O=C([O-])[O-].O=C([O-])[O-].O=C([O-])[O-].O=C([O-])[O-].[Na+].[Na+].[Na+].[Na+].[Na+].[Na+].[OH-].[OH-].[OH-].[OH-].[OH-].[OH-].[OH-].[OH-].[OH-].[Th+4]. The van der Waals surface area contributed by atoms with Gasteiger partial charge >= 0.3 is 217 Å². The maximum Gasteiger partial charge on any atom is 4.00 e. The van der Waals surface area contributed by atoms with E-state index in [9.17, 15) is 0 Å². The van der Waals surface area contributed by atoms with Gasteiger partial charge in [-0.1, -0.05) is 0 Å². The molecule has 0 atom stereocenters. The van der Waals surface area contributed by atoms with Gasteiger partial charge in [-0.2, -0.15) is 0 Å². The van der Waals surface area contributed by atoms with Crippen LogP contribution < -0.4 is 228 Å². The minimum absolute atomic E-state index is 0. The molecule has 15 N–H and O–H groups in total. The summed E-state index contributed by atoms with van der Waals surface area (Å²) in [7, 11) is 0. The fraction of sp³-hybridized carbons (Fsp3) is 0. The summed E-state index contributed by atoms with van der Waals surface area (Å²) in [4.78, 5) is 41.7. The molecule has 0 amide bonds. The summed E-state index contributed by atoms with van der Waals surface area (Å²) in [5.41, 5.74) is 0. The topological polar surface area (TPSA) is 680 Å². The van der Waals surface area contributed by atoms with Crippen LogP contribution in [-0.2, 0) is 0 Å². The Hall–Kier alpha value is 3.19. The summed E-state index contributed by atoms with van der Waals surface area (Å²) in [5.74, 6) is 0. The summed E-state index contributed by atoms with van der Waals surface area (Å²) in [6.45, 7) is 0. The van der Waals surface area contributed by atoms with Crippen molar-refractivity contribution in [3.63, 3.8) is 0 Å². The third-order valence-electron chi connectivity index (χ3n) is 0. The standard InChI is InChI=1S/5CH2O3.6Na.12H2O.Th/c5*2-1(3)4;;;;;;;;;;;;;;;;;;;/h5*(H2,2,3,4);;;;;;;12*1H2;/q;;;;;6*+1;;;;;;;;;;;;;+4/p-19.